The lowest BCUT2D eigenvalue weighted by Crippen LogP contribution is -2.22. The number of hydrogen-bond acceptors (Lipinski definition) is 3. The number of rotatable bonds is 7. The fourth-order valence-corrected chi connectivity index (χ4v) is 3.45. The minimum atomic E-state index is 0.257. The van der Waals surface area contributed by atoms with Crippen molar-refractivity contribution in [2.45, 2.75) is 45.2 Å². The van der Waals surface area contributed by atoms with E-state index in [1.165, 1.54) is 4.88 Å². The van der Waals surface area contributed by atoms with E-state index in [0.29, 0.717) is 6.04 Å². The van der Waals surface area contributed by atoms with Crippen molar-refractivity contribution in [3.63, 3.8) is 0 Å². The normalized spacial score (nSPS) is 13.1. The Hall–Kier alpha value is -0.840. The van der Waals surface area contributed by atoms with Gasteiger partial charge in [-0.25, -0.2) is 0 Å². The van der Waals surface area contributed by atoms with Crippen molar-refractivity contribution in [2.24, 2.45) is 0 Å². The first-order valence-electron chi connectivity index (χ1n) is 7.06. The maximum atomic E-state index is 6.32. The Morgan fingerprint density at radius 1 is 1.45 bits per heavy atom. The Labute approximate surface area is 130 Å². The lowest BCUT2D eigenvalue weighted by Gasteiger charge is -2.20. The second-order valence-corrected chi connectivity index (χ2v) is 6.67. The molecule has 0 saturated carbocycles. The molecule has 0 aromatic carbocycles. The highest BCUT2D eigenvalue weighted by atomic mass is 35.5. The number of aryl methyl sites for hydroxylation is 1. The molecule has 0 aliphatic carbocycles. The minimum absolute atomic E-state index is 0.257. The van der Waals surface area contributed by atoms with E-state index in [4.69, 9.17) is 11.6 Å². The Morgan fingerprint density at radius 2 is 2.25 bits per heavy atom. The van der Waals surface area contributed by atoms with Crippen LogP contribution in [0.25, 0.3) is 0 Å². The van der Waals surface area contributed by atoms with Crippen molar-refractivity contribution in [3.8, 4) is 0 Å². The molecule has 0 amide bonds. The number of halogens is 1. The summed E-state index contributed by atoms with van der Waals surface area (Å²) < 4.78 is 2.02. The van der Waals surface area contributed by atoms with Gasteiger partial charge in [0.25, 0.3) is 0 Å². The van der Waals surface area contributed by atoms with Crippen molar-refractivity contribution in [1.82, 2.24) is 15.1 Å². The van der Waals surface area contributed by atoms with Crippen LogP contribution in [0.5, 0.6) is 0 Å². The second kappa shape index (κ2) is 7.25. The van der Waals surface area contributed by atoms with Crippen LogP contribution < -0.4 is 5.32 Å². The van der Waals surface area contributed by atoms with Crippen molar-refractivity contribution in [2.75, 3.05) is 7.05 Å². The number of nitrogens with zero attached hydrogens (tertiary/aromatic N) is 2. The zero-order chi connectivity index (χ0) is 14.5. The molecule has 1 N–H and O–H groups in total. The van der Waals surface area contributed by atoms with Gasteiger partial charge in [0, 0.05) is 10.9 Å². The van der Waals surface area contributed by atoms with E-state index < -0.39 is 0 Å². The number of hydrogen-bond donors (Lipinski definition) is 1. The summed E-state index contributed by atoms with van der Waals surface area (Å²) in [6, 6.07) is 4.89. The monoisotopic (exact) mass is 311 g/mol. The Kier molecular flexibility index (Phi) is 5.64. The van der Waals surface area contributed by atoms with Gasteiger partial charge in [0.05, 0.1) is 23.0 Å². The SMILES string of the molecule is CNC(CCCc1cccs1)c1c(Cl)cnn1C(C)C. The van der Waals surface area contributed by atoms with Crippen molar-refractivity contribution >= 4 is 22.9 Å². The lowest BCUT2D eigenvalue weighted by molar-refractivity contribution is 0.440. The highest BCUT2D eigenvalue weighted by molar-refractivity contribution is 7.09. The maximum absolute atomic E-state index is 6.32. The largest absolute Gasteiger partial charge is 0.312 e. The Morgan fingerprint density at radius 3 is 2.85 bits per heavy atom. The van der Waals surface area contributed by atoms with Gasteiger partial charge in [0.15, 0.2) is 0 Å². The molecule has 0 aliphatic heterocycles. The third-order valence-corrected chi connectivity index (χ3v) is 4.68. The first-order valence-corrected chi connectivity index (χ1v) is 8.31. The van der Waals surface area contributed by atoms with E-state index in [0.717, 1.165) is 30.0 Å². The van der Waals surface area contributed by atoms with Crippen LogP contribution >= 0.6 is 22.9 Å². The molecule has 110 valence electrons. The molecule has 2 aromatic rings. The molecule has 0 aliphatic rings. The van der Waals surface area contributed by atoms with Crippen molar-refractivity contribution in [3.05, 3.63) is 39.3 Å². The lowest BCUT2D eigenvalue weighted by atomic mass is 10.1. The molecule has 2 rings (SSSR count). The maximum Gasteiger partial charge on any atom is 0.0834 e. The smallest absolute Gasteiger partial charge is 0.0834 e. The molecular formula is C15H22ClN3S. The van der Waals surface area contributed by atoms with Gasteiger partial charge in [0.2, 0.25) is 0 Å². The van der Waals surface area contributed by atoms with Gasteiger partial charge >= 0.3 is 0 Å². The molecule has 3 nitrogen and oxygen atoms in total. The molecule has 1 atom stereocenters. The topological polar surface area (TPSA) is 29.9 Å². The van der Waals surface area contributed by atoms with Gasteiger partial charge in [-0.2, -0.15) is 5.10 Å². The molecule has 0 fully saturated rings. The summed E-state index contributed by atoms with van der Waals surface area (Å²) in [6.07, 6.45) is 5.09. The van der Waals surface area contributed by atoms with Gasteiger partial charge < -0.3 is 5.32 Å². The summed E-state index contributed by atoms with van der Waals surface area (Å²) in [4.78, 5) is 1.45. The van der Waals surface area contributed by atoms with Gasteiger partial charge in [-0.15, -0.1) is 11.3 Å². The summed E-state index contributed by atoms with van der Waals surface area (Å²) in [5.74, 6) is 0. The van der Waals surface area contributed by atoms with Crippen molar-refractivity contribution < 1.29 is 0 Å². The van der Waals surface area contributed by atoms with Crippen LogP contribution in [0, 0.1) is 0 Å². The molecule has 20 heavy (non-hydrogen) atoms. The molecule has 0 spiro atoms. The summed E-state index contributed by atoms with van der Waals surface area (Å²) in [6.45, 7) is 4.26. The number of thiophene rings is 1. The predicted octanol–water partition coefficient (Wildman–Crippen LogP) is 4.46. The molecule has 2 aromatic heterocycles. The average Bonchev–Trinajstić information content (AvgIpc) is 3.04. The quantitative estimate of drug-likeness (QED) is 0.818. The average molecular weight is 312 g/mol. The summed E-state index contributed by atoms with van der Waals surface area (Å²) in [5, 5.41) is 10.7. The minimum Gasteiger partial charge on any atom is -0.312 e. The summed E-state index contributed by atoms with van der Waals surface area (Å²) in [7, 11) is 1.99. The number of aromatic nitrogens is 2. The third-order valence-electron chi connectivity index (χ3n) is 3.45. The van der Waals surface area contributed by atoms with E-state index in [1.54, 1.807) is 6.20 Å². The first kappa shape index (κ1) is 15.5. The van der Waals surface area contributed by atoms with Crippen LogP contribution in [-0.4, -0.2) is 16.8 Å². The van der Waals surface area contributed by atoms with Crippen LogP contribution in [-0.2, 0) is 6.42 Å². The molecule has 2 heterocycles. The second-order valence-electron chi connectivity index (χ2n) is 5.23. The summed E-state index contributed by atoms with van der Waals surface area (Å²) >= 11 is 8.15. The molecule has 0 radical (unpaired) electrons. The molecule has 0 bridgehead atoms. The standard InChI is InChI=1S/C15H22ClN3S/c1-11(2)19-15(13(16)10-18-19)14(17-3)8-4-6-12-7-5-9-20-12/h5,7,9-11,14,17H,4,6,8H2,1-3H3. The molecule has 5 heteroatoms. The van der Waals surface area contributed by atoms with E-state index in [1.807, 2.05) is 23.1 Å². The van der Waals surface area contributed by atoms with Crippen LogP contribution in [0.2, 0.25) is 5.02 Å². The first-order chi connectivity index (χ1) is 9.63. The van der Waals surface area contributed by atoms with Gasteiger partial charge in [-0.3, -0.25) is 4.68 Å². The fourth-order valence-electron chi connectivity index (χ4n) is 2.44. The van der Waals surface area contributed by atoms with Gasteiger partial charge in [0.1, 0.15) is 0 Å². The van der Waals surface area contributed by atoms with E-state index in [-0.39, 0.29) is 6.04 Å². The van der Waals surface area contributed by atoms with Crippen LogP contribution in [0.1, 0.15) is 49.3 Å². The fraction of sp³-hybridized carbons (Fsp3) is 0.533. The van der Waals surface area contributed by atoms with Gasteiger partial charge in [-0.05, 0) is 51.6 Å². The van der Waals surface area contributed by atoms with Gasteiger partial charge in [-0.1, -0.05) is 17.7 Å². The van der Waals surface area contributed by atoms with Crippen LogP contribution in [0.3, 0.4) is 0 Å². The van der Waals surface area contributed by atoms with Crippen LogP contribution in [0.4, 0.5) is 0 Å². The van der Waals surface area contributed by atoms with E-state index in [2.05, 4.69) is 41.8 Å². The highest BCUT2D eigenvalue weighted by Crippen LogP contribution is 2.28. The Bertz CT molecular complexity index is 519. The molecular weight excluding hydrogens is 290 g/mol. The third kappa shape index (κ3) is 3.62. The van der Waals surface area contributed by atoms with Crippen LogP contribution in [0.15, 0.2) is 23.7 Å². The highest BCUT2D eigenvalue weighted by Gasteiger charge is 2.20. The van der Waals surface area contributed by atoms with Crippen molar-refractivity contribution in [1.29, 1.82) is 0 Å². The zero-order valence-corrected chi connectivity index (χ0v) is 13.8. The zero-order valence-electron chi connectivity index (χ0n) is 12.3. The molecule has 1 unspecified atom stereocenters. The number of nitrogens with one attached hydrogen (secondary N) is 1. The van der Waals surface area contributed by atoms with E-state index >= 15 is 0 Å². The Balaban J connectivity index is 2.02. The predicted molar refractivity (Wildman–Crippen MR) is 86.7 cm³/mol. The van der Waals surface area contributed by atoms with E-state index in [9.17, 15) is 0 Å². The molecule has 0 saturated heterocycles. The summed E-state index contributed by atoms with van der Waals surface area (Å²) in [5.41, 5.74) is 1.11.